The van der Waals surface area contributed by atoms with Crippen LogP contribution >= 0.6 is 0 Å². The molecule has 140 valence electrons. The van der Waals surface area contributed by atoms with Gasteiger partial charge in [0, 0.05) is 12.1 Å². The number of hydrogen-bond acceptors (Lipinski definition) is 2. The van der Waals surface area contributed by atoms with Crippen molar-refractivity contribution < 1.29 is 4.79 Å². The highest BCUT2D eigenvalue weighted by Gasteiger charge is 2.53. The van der Waals surface area contributed by atoms with Crippen molar-refractivity contribution in [3.63, 3.8) is 0 Å². The van der Waals surface area contributed by atoms with E-state index in [-0.39, 0.29) is 11.9 Å². The Hall–Kier alpha value is -1.35. The van der Waals surface area contributed by atoms with E-state index in [1.165, 1.54) is 38.5 Å². The van der Waals surface area contributed by atoms with Gasteiger partial charge in [0.2, 0.25) is 5.91 Å². The van der Waals surface area contributed by atoms with Crippen LogP contribution in [0.4, 0.5) is 0 Å². The zero-order chi connectivity index (χ0) is 17.7. The van der Waals surface area contributed by atoms with Crippen LogP contribution in [0.5, 0.6) is 0 Å². The van der Waals surface area contributed by atoms with E-state index in [1.807, 2.05) is 18.2 Å². The van der Waals surface area contributed by atoms with Crippen molar-refractivity contribution >= 4 is 5.91 Å². The summed E-state index contributed by atoms with van der Waals surface area (Å²) in [7, 11) is 0. The molecule has 0 heterocycles. The molecule has 0 spiro atoms. The van der Waals surface area contributed by atoms with Crippen LogP contribution in [0.1, 0.15) is 69.9 Å². The number of benzene rings is 1. The third kappa shape index (κ3) is 3.09. The lowest BCUT2D eigenvalue weighted by atomic mass is 9.48. The van der Waals surface area contributed by atoms with E-state index in [1.54, 1.807) is 0 Å². The summed E-state index contributed by atoms with van der Waals surface area (Å²) >= 11 is 0. The molecule has 5 aliphatic carbocycles. The van der Waals surface area contributed by atoms with Gasteiger partial charge in [0.15, 0.2) is 0 Å². The van der Waals surface area contributed by atoms with Gasteiger partial charge in [-0.3, -0.25) is 10.1 Å². The van der Waals surface area contributed by atoms with E-state index in [2.05, 4.69) is 29.7 Å². The standard InChI is InChI=1S/C23H32N2O/c1-15(23-12-16-9-17(13-23)11-18(10-16)14-23)24-21(19-5-3-2-4-6-19)22(26)25-20-7-8-20/h2-6,15-18,20-21,24H,7-14H2,1H3,(H,25,26)/t15-,16?,17?,18?,21-,23?/m0/s1. The molecule has 2 atom stereocenters. The van der Waals surface area contributed by atoms with Crippen molar-refractivity contribution in [3.8, 4) is 0 Å². The Kier molecular flexibility index (Phi) is 4.11. The number of nitrogens with one attached hydrogen (secondary N) is 2. The minimum atomic E-state index is -0.222. The van der Waals surface area contributed by atoms with Crippen LogP contribution in [0.2, 0.25) is 0 Å². The van der Waals surface area contributed by atoms with Crippen LogP contribution in [0.15, 0.2) is 30.3 Å². The maximum Gasteiger partial charge on any atom is 0.241 e. The maximum atomic E-state index is 13.0. The normalized spacial score (nSPS) is 37.3. The smallest absolute Gasteiger partial charge is 0.241 e. The van der Waals surface area contributed by atoms with Gasteiger partial charge in [0.05, 0.1) is 0 Å². The van der Waals surface area contributed by atoms with Gasteiger partial charge in [-0.25, -0.2) is 0 Å². The van der Waals surface area contributed by atoms with Gasteiger partial charge >= 0.3 is 0 Å². The first-order valence-corrected chi connectivity index (χ1v) is 10.7. The molecule has 5 saturated carbocycles. The molecule has 5 aliphatic rings. The number of carbonyl (C=O) groups is 1. The fraction of sp³-hybridized carbons (Fsp3) is 0.696. The average molecular weight is 353 g/mol. The Morgan fingerprint density at radius 2 is 1.58 bits per heavy atom. The summed E-state index contributed by atoms with van der Waals surface area (Å²) in [4.78, 5) is 13.0. The number of rotatable bonds is 6. The number of amides is 1. The monoisotopic (exact) mass is 352 g/mol. The van der Waals surface area contributed by atoms with Gasteiger partial charge in [0.25, 0.3) is 0 Å². The summed E-state index contributed by atoms with van der Waals surface area (Å²) in [6.07, 6.45) is 10.8. The molecule has 3 nitrogen and oxygen atoms in total. The summed E-state index contributed by atoms with van der Waals surface area (Å²) in [6, 6.07) is 10.9. The molecule has 1 aromatic carbocycles. The molecule has 2 N–H and O–H groups in total. The largest absolute Gasteiger partial charge is 0.352 e. The molecular formula is C23H32N2O. The highest BCUT2D eigenvalue weighted by molar-refractivity contribution is 5.83. The summed E-state index contributed by atoms with van der Waals surface area (Å²) in [5, 5.41) is 7.04. The predicted octanol–water partition coefficient (Wildman–Crippen LogP) is 4.20. The highest BCUT2D eigenvalue weighted by Crippen LogP contribution is 2.61. The topological polar surface area (TPSA) is 41.1 Å². The maximum absolute atomic E-state index is 13.0. The first-order chi connectivity index (χ1) is 12.6. The molecule has 3 heteroatoms. The van der Waals surface area contributed by atoms with Crippen LogP contribution in [0.3, 0.4) is 0 Å². The minimum Gasteiger partial charge on any atom is -0.352 e. The van der Waals surface area contributed by atoms with E-state index < -0.39 is 0 Å². The molecule has 0 saturated heterocycles. The second-order valence-electron chi connectivity index (χ2n) is 9.79. The molecule has 5 fully saturated rings. The summed E-state index contributed by atoms with van der Waals surface area (Å²) in [6.45, 7) is 2.35. The zero-order valence-electron chi connectivity index (χ0n) is 15.9. The fourth-order valence-electron chi connectivity index (χ4n) is 6.62. The van der Waals surface area contributed by atoms with Crippen molar-refractivity contribution in [2.24, 2.45) is 23.2 Å². The Morgan fingerprint density at radius 3 is 2.12 bits per heavy atom. The first kappa shape index (κ1) is 16.8. The lowest BCUT2D eigenvalue weighted by Gasteiger charge is -2.59. The quantitative estimate of drug-likeness (QED) is 0.805. The Labute approximate surface area is 157 Å². The van der Waals surface area contributed by atoms with E-state index >= 15 is 0 Å². The highest BCUT2D eigenvalue weighted by atomic mass is 16.2. The third-order valence-corrected chi connectivity index (χ3v) is 7.74. The first-order valence-electron chi connectivity index (χ1n) is 10.7. The molecular weight excluding hydrogens is 320 g/mol. The Morgan fingerprint density at radius 1 is 1.00 bits per heavy atom. The second kappa shape index (κ2) is 6.37. The second-order valence-corrected chi connectivity index (χ2v) is 9.79. The van der Waals surface area contributed by atoms with Gasteiger partial charge in [-0.2, -0.15) is 0 Å². The van der Waals surface area contributed by atoms with Crippen LogP contribution in [0.25, 0.3) is 0 Å². The van der Waals surface area contributed by atoms with Crippen LogP contribution in [-0.4, -0.2) is 18.0 Å². The molecule has 4 bridgehead atoms. The third-order valence-electron chi connectivity index (χ3n) is 7.74. The molecule has 0 aromatic heterocycles. The van der Waals surface area contributed by atoms with Crippen molar-refractivity contribution in [3.05, 3.63) is 35.9 Å². The van der Waals surface area contributed by atoms with Crippen LogP contribution in [-0.2, 0) is 4.79 Å². The number of hydrogen-bond donors (Lipinski definition) is 2. The Bertz CT molecular complexity index is 631. The fourth-order valence-corrected chi connectivity index (χ4v) is 6.62. The van der Waals surface area contributed by atoms with Gasteiger partial charge in [-0.05, 0) is 87.0 Å². The van der Waals surface area contributed by atoms with Crippen LogP contribution < -0.4 is 10.6 Å². The molecule has 26 heavy (non-hydrogen) atoms. The van der Waals surface area contributed by atoms with Gasteiger partial charge in [-0.1, -0.05) is 30.3 Å². The zero-order valence-corrected chi connectivity index (χ0v) is 15.9. The van der Waals surface area contributed by atoms with Gasteiger partial charge in [-0.15, -0.1) is 0 Å². The molecule has 1 amide bonds. The lowest BCUT2D eigenvalue weighted by Crippen LogP contribution is -2.56. The van der Waals surface area contributed by atoms with Gasteiger partial charge in [0.1, 0.15) is 6.04 Å². The van der Waals surface area contributed by atoms with Crippen LogP contribution in [0, 0.1) is 23.2 Å². The Balaban J connectivity index is 1.36. The summed E-state index contributed by atoms with van der Waals surface area (Å²) in [5.41, 5.74) is 1.52. The molecule has 0 aliphatic heterocycles. The number of carbonyl (C=O) groups excluding carboxylic acids is 1. The van der Waals surface area contributed by atoms with E-state index in [9.17, 15) is 4.79 Å². The average Bonchev–Trinajstić information content (AvgIpc) is 3.43. The van der Waals surface area contributed by atoms with Crippen molar-refractivity contribution in [2.45, 2.75) is 76.4 Å². The van der Waals surface area contributed by atoms with Crippen molar-refractivity contribution in [1.82, 2.24) is 10.6 Å². The molecule has 0 radical (unpaired) electrons. The SMILES string of the molecule is C[C@H](N[C@H](C(=O)NC1CC1)c1ccccc1)C12CC3CC(CC(C3)C1)C2. The van der Waals surface area contributed by atoms with E-state index in [4.69, 9.17) is 0 Å². The molecule has 6 rings (SSSR count). The van der Waals surface area contributed by atoms with Crippen molar-refractivity contribution in [1.29, 1.82) is 0 Å². The summed E-state index contributed by atoms with van der Waals surface area (Å²) < 4.78 is 0. The molecule has 0 unspecified atom stereocenters. The van der Waals surface area contributed by atoms with E-state index in [0.717, 1.165) is 36.2 Å². The summed E-state index contributed by atoms with van der Waals surface area (Å²) in [5.74, 6) is 3.00. The molecule has 1 aromatic rings. The van der Waals surface area contributed by atoms with Gasteiger partial charge < -0.3 is 5.32 Å². The predicted molar refractivity (Wildman–Crippen MR) is 104 cm³/mol. The lowest BCUT2D eigenvalue weighted by molar-refractivity contribution is -0.124. The minimum absolute atomic E-state index is 0.162. The van der Waals surface area contributed by atoms with E-state index in [0.29, 0.717) is 17.5 Å². The van der Waals surface area contributed by atoms with Crippen molar-refractivity contribution in [2.75, 3.05) is 0 Å².